The number of hydrogen-bond acceptors (Lipinski definition) is 7. The molecule has 1 unspecified atom stereocenters. The van der Waals surface area contributed by atoms with E-state index < -0.39 is 30.7 Å². The van der Waals surface area contributed by atoms with Crippen molar-refractivity contribution in [1.82, 2.24) is 15.5 Å². The fourth-order valence-corrected chi connectivity index (χ4v) is 3.54. The van der Waals surface area contributed by atoms with Crippen LogP contribution in [0.5, 0.6) is 5.75 Å². The van der Waals surface area contributed by atoms with Crippen molar-refractivity contribution in [2.75, 3.05) is 26.2 Å². The third-order valence-electron chi connectivity index (χ3n) is 5.30. The fraction of sp³-hybridized carbons (Fsp3) is 0.333. The average Bonchev–Trinajstić information content (AvgIpc) is 2.75. The molecule has 1 aliphatic rings. The molecule has 2 aromatic rings. The van der Waals surface area contributed by atoms with Gasteiger partial charge >= 0.3 is 13.1 Å². The van der Waals surface area contributed by atoms with Crippen molar-refractivity contribution in [1.29, 1.82) is 0 Å². The van der Waals surface area contributed by atoms with E-state index in [9.17, 15) is 24.7 Å². The lowest BCUT2D eigenvalue weighted by Gasteiger charge is -2.27. The zero-order chi connectivity index (χ0) is 22.4. The molecule has 1 aliphatic heterocycles. The molecule has 0 aromatic heterocycles. The van der Waals surface area contributed by atoms with Gasteiger partial charge in [0.15, 0.2) is 0 Å². The molecule has 11 heteroatoms. The lowest BCUT2D eigenvalue weighted by atomic mass is 9.75. The van der Waals surface area contributed by atoms with Crippen LogP contribution < -0.4 is 10.6 Å². The number of carboxylic acid groups (broad SMARTS) is 1. The van der Waals surface area contributed by atoms with Gasteiger partial charge in [0.2, 0.25) is 0 Å². The summed E-state index contributed by atoms with van der Waals surface area (Å²) in [5, 5.41) is 44.5. The quantitative estimate of drug-likeness (QED) is 0.306. The topological polar surface area (TPSA) is 142 Å². The van der Waals surface area contributed by atoms with Crippen molar-refractivity contribution in [2.45, 2.75) is 18.9 Å². The first-order valence-corrected chi connectivity index (χ1v) is 10.1. The first-order valence-electron chi connectivity index (χ1n) is 10.1. The lowest BCUT2D eigenvalue weighted by molar-refractivity contribution is 0.0693. The Kier molecular flexibility index (Phi) is 9.49. The molecule has 0 radical (unpaired) electrons. The van der Waals surface area contributed by atoms with Gasteiger partial charge in [0.25, 0.3) is 5.91 Å². The first-order chi connectivity index (χ1) is 14.8. The Balaban J connectivity index is 0.00000363. The van der Waals surface area contributed by atoms with Crippen LogP contribution in [0.2, 0.25) is 0 Å². The van der Waals surface area contributed by atoms with Crippen molar-refractivity contribution in [2.24, 2.45) is 0 Å². The van der Waals surface area contributed by atoms with Gasteiger partial charge < -0.3 is 30.9 Å². The Morgan fingerprint density at radius 2 is 1.75 bits per heavy atom. The molecule has 0 aliphatic carbocycles. The monoisotopic (exact) mass is 463 g/mol. The molecule has 32 heavy (non-hydrogen) atoms. The summed E-state index contributed by atoms with van der Waals surface area (Å²) in [4.78, 5) is 26.1. The van der Waals surface area contributed by atoms with Crippen molar-refractivity contribution in [3.05, 3.63) is 64.7 Å². The highest BCUT2D eigenvalue weighted by Gasteiger charge is 2.28. The minimum Gasteiger partial charge on any atom is -0.507 e. The molecule has 1 atom stereocenters. The standard InChI is InChI=1S/C21H26BN3O6.ClH/c26-19-16(2-1-3-17(19)21(28)29)12-18(22(30)31)24-20(27)15-6-4-14(5-7-15)13-25-10-8-23-9-11-25;/h1-7,18,23,26,30-31H,8-13H2,(H,24,27)(H,28,29);1H. The second kappa shape index (κ2) is 11.8. The zero-order valence-electron chi connectivity index (χ0n) is 17.4. The van der Waals surface area contributed by atoms with Crippen LogP contribution in [-0.2, 0) is 13.0 Å². The van der Waals surface area contributed by atoms with E-state index in [1.54, 1.807) is 12.1 Å². The first kappa shape index (κ1) is 25.6. The molecule has 0 bridgehead atoms. The van der Waals surface area contributed by atoms with Crippen molar-refractivity contribution in [3.8, 4) is 5.75 Å². The number of carboxylic acids is 1. The molecule has 172 valence electrons. The predicted octanol–water partition coefficient (Wildman–Crippen LogP) is 0.271. The number of rotatable bonds is 8. The number of amides is 1. The highest BCUT2D eigenvalue weighted by atomic mass is 35.5. The highest BCUT2D eigenvalue weighted by molar-refractivity contribution is 6.43. The second-order valence-electron chi connectivity index (χ2n) is 7.54. The molecule has 6 N–H and O–H groups in total. The Labute approximate surface area is 192 Å². The van der Waals surface area contributed by atoms with Crippen LogP contribution in [0.3, 0.4) is 0 Å². The summed E-state index contributed by atoms with van der Waals surface area (Å²) in [6.07, 6.45) is -0.155. The van der Waals surface area contributed by atoms with E-state index in [1.807, 2.05) is 12.1 Å². The maximum atomic E-state index is 12.6. The number of phenols is 1. The molecule has 1 amide bonds. The number of hydrogen-bond donors (Lipinski definition) is 6. The number of aromatic hydroxyl groups is 1. The fourth-order valence-electron chi connectivity index (χ4n) is 3.54. The predicted molar refractivity (Wildman–Crippen MR) is 122 cm³/mol. The van der Waals surface area contributed by atoms with Gasteiger partial charge in [0.05, 0.1) is 5.94 Å². The normalized spacial score (nSPS) is 14.8. The average molecular weight is 464 g/mol. The third-order valence-corrected chi connectivity index (χ3v) is 5.30. The summed E-state index contributed by atoms with van der Waals surface area (Å²) in [5.41, 5.74) is 1.32. The number of para-hydroxylation sites is 1. The number of nitrogens with one attached hydrogen (secondary N) is 2. The molecule has 1 fully saturated rings. The SMILES string of the molecule is Cl.O=C(NC(Cc1cccc(C(=O)O)c1O)B(O)O)c1ccc(CN2CCNCC2)cc1. The van der Waals surface area contributed by atoms with Crippen LogP contribution in [0.25, 0.3) is 0 Å². The Hall–Kier alpha value is -2.63. The van der Waals surface area contributed by atoms with Gasteiger partial charge in [-0.15, -0.1) is 12.4 Å². The number of piperazine rings is 1. The van der Waals surface area contributed by atoms with Crippen molar-refractivity contribution in [3.63, 3.8) is 0 Å². The highest BCUT2D eigenvalue weighted by Crippen LogP contribution is 2.24. The Morgan fingerprint density at radius 3 is 2.34 bits per heavy atom. The maximum Gasteiger partial charge on any atom is 0.475 e. The molecular weight excluding hydrogens is 437 g/mol. The van der Waals surface area contributed by atoms with E-state index in [-0.39, 0.29) is 30.0 Å². The molecule has 2 aromatic carbocycles. The van der Waals surface area contributed by atoms with Crippen LogP contribution >= 0.6 is 12.4 Å². The molecule has 0 spiro atoms. The smallest absolute Gasteiger partial charge is 0.475 e. The van der Waals surface area contributed by atoms with Gasteiger partial charge in [-0.1, -0.05) is 24.3 Å². The Morgan fingerprint density at radius 1 is 1.09 bits per heavy atom. The number of carbonyl (C=O) groups excluding carboxylic acids is 1. The summed E-state index contributed by atoms with van der Waals surface area (Å²) in [6, 6.07) is 11.2. The number of carbonyl (C=O) groups is 2. The molecule has 1 saturated heterocycles. The lowest BCUT2D eigenvalue weighted by Crippen LogP contribution is -2.47. The third kappa shape index (κ3) is 6.68. The van der Waals surface area contributed by atoms with E-state index in [1.165, 1.54) is 18.2 Å². The van der Waals surface area contributed by atoms with Crippen LogP contribution in [0.1, 0.15) is 31.8 Å². The van der Waals surface area contributed by atoms with Crippen LogP contribution in [-0.4, -0.2) is 76.3 Å². The maximum absolute atomic E-state index is 12.6. The van der Waals surface area contributed by atoms with E-state index in [2.05, 4.69) is 15.5 Å². The van der Waals surface area contributed by atoms with Crippen molar-refractivity contribution < 1.29 is 29.9 Å². The zero-order valence-corrected chi connectivity index (χ0v) is 18.2. The number of benzene rings is 2. The molecule has 0 saturated carbocycles. The summed E-state index contributed by atoms with van der Waals surface area (Å²) in [5.74, 6) is -3.40. The van der Waals surface area contributed by atoms with E-state index >= 15 is 0 Å². The summed E-state index contributed by atoms with van der Waals surface area (Å²) in [7, 11) is -1.90. The summed E-state index contributed by atoms with van der Waals surface area (Å²) in [6.45, 7) is 4.63. The van der Waals surface area contributed by atoms with Gasteiger partial charge in [-0.3, -0.25) is 9.69 Å². The molecule has 3 rings (SSSR count). The van der Waals surface area contributed by atoms with Crippen LogP contribution in [0.4, 0.5) is 0 Å². The minimum absolute atomic E-state index is 0. The van der Waals surface area contributed by atoms with Gasteiger partial charge in [0.1, 0.15) is 11.3 Å². The largest absolute Gasteiger partial charge is 0.507 e. The van der Waals surface area contributed by atoms with Crippen LogP contribution in [0.15, 0.2) is 42.5 Å². The van der Waals surface area contributed by atoms with E-state index in [0.717, 1.165) is 38.3 Å². The minimum atomic E-state index is -1.90. The Bertz CT molecular complexity index is 922. The van der Waals surface area contributed by atoms with E-state index in [0.29, 0.717) is 5.56 Å². The van der Waals surface area contributed by atoms with Crippen LogP contribution in [0, 0.1) is 0 Å². The van der Waals surface area contributed by atoms with Gasteiger partial charge in [0, 0.05) is 38.3 Å². The van der Waals surface area contributed by atoms with Gasteiger partial charge in [-0.25, -0.2) is 4.79 Å². The van der Waals surface area contributed by atoms with Gasteiger partial charge in [-0.2, -0.15) is 0 Å². The van der Waals surface area contributed by atoms with Crippen molar-refractivity contribution >= 4 is 31.4 Å². The summed E-state index contributed by atoms with van der Waals surface area (Å²) >= 11 is 0. The molecule has 1 heterocycles. The summed E-state index contributed by atoms with van der Waals surface area (Å²) < 4.78 is 0. The van der Waals surface area contributed by atoms with E-state index in [4.69, 9.17) is 5.11 Å². The molecule has 9 nitrogen and oxygen atoms in total. The number of nitrogens with zero attached hydrogens (tertiary/aromatic N) is 1. The molecular formula is C21H27BClN3O6. The van der Waals surface area contributed by atoms with Gasteiger partial charge in [-0.05, 0) is 35.7 Å². The second-order valence-corrected chi connectivity index (χ2v) is 7.54. The number of halogens is 1. The number of aromatic carboxylic acids is 1.